The van der Waals surface area contributed by atoms with E-state index in [0.717, 1.165) is 41.1 Å². The lowest BCUT2D eigenvalue weighted by Gasteiger charge is -2.21. The van der Waals surface area contributed by atoms with Gasteiger partial charge >= 0.3 is 0 Å². The van der Waals surface area contributed by atoms with Gasteiger partial charge in [0.2, 0.25) is 0 Å². The zero-order chi connectivity index (χ0) is 15.1. The summed E-state index contributed by atoms with van der Waals surface area (Å²) in [7, 11) is 0. The number of nitrogens with zero attached hydrogens (tertiary/aromatic N) is 1. The van der Waals surface area contributed by atoms with Crippen LogP contribution < -0.4 is 10.1 Å². The number of hydrogen-bond donors (Lipinski definition) is 1. The Balaban J connectivity index is 2.35. The van der Waals surface area contributed by atoms with E-state index < -0.39 is 0 Å². The van der Waals surface area contributed by atoms with Crippen molar-refractivity contribution in [2.45, 2.75) is 26.3 Å². The summed E-state index contributed by atoms with van der Waals surface area (Å²) >= 11 is 3.43. The molecule has 0 bridgehead atoms. The van der Waals surface area contributed by atoms with Gasteiger partial charge in [-0.3, -0.25) is 4.98 Å². The van der Waals surface area contributed by atoms with Crippen molar-refractivity contribution in [3.8, 4) is 5.75 Å². The average molecular weight is 349 g/mol. The molecule has 1 atom stereocenters. The van der Waals surface area contributed by atoms with Crippen molar-refractivity contribution < 1.29 is 4.74 Å². The van der Waals surface area contributed by atoms with Crippen molar-refractivity contribution in [2.24, 2.45) is 0 Å². The van der Waals surface area contributed by atoms with Gasteiger partial charge in [-0.25, -0.2) is 0 Å². The van der Waals surface area contributed by atoms with Gasteiger partial charge in [-0.2, -0.15) is 0 Å². The Labute approximate surface area is 134 Å². The second-order valence-corrected chi connectivity index (χ2v) is 5.69. The second kappa shape index (κ2) is 8.15. The first-order valence-corrected chi connectivity index (χ1v) is 8.12. The molecule has 0 radical (unpaired) electrons. The summed E-state index contributed by atoms with van der Waals surface area (Å²) < 4.78 is 6.87. The maximum absolute atomic E-state index is 5.88. The third-order valence-corrected chi connectivity index (χ3v) is 3.62. The van der Waals surface area contributed by atoms with Crippen LogP contribution in [0.4, 0.5) is 0 Å². The number of halogens is 1. The van der Waals surface area contributed by atoms with Crippen molar-refractivity contribution in [1.82, 2.24) is 10.3 Å². The predicted octanol–water partition coefficient (Wildman–Crippen LogP) is 4.33. The summed E-state index contributed by atoms with van der Waals surface area (Å²) in [5.41, 5.74) is 2.12. The van der Waals surface area contributed by atoms with E-state index in [2.05, 4.69) is 46.1 Å². The fourth-order valence-electron chi connectivity index (χ4n) is 2.20. The monoisotopic (exact) mass is 348 g/mol. The first-order valence-electron chi connectivity index (χ1n) is 7.32. The van der Waals surface area contributed by atoms with Crippen LogP contribution >= 0.6 is 15.9 Å². The number of para-hydroxylation sites is 1. The number of nitrogens with one attached hydrogen (secondary N) is 1. The Hall–Kier alpha value is -1.39. The van der Waals surface area contributed by atoms with Gasteiger partial charge < -0.3 is 10.1 Å². The lowest BCUT2D eigenvalue weighted by Crippen LogP contribution is -2.23. The summed E-state index contributed by atoms with van der Waals surface area (Å²) in [5, 5.41) is 3.49. The Kier molecular flexibility index (Phi) is 6.21. The fraction of sp³-hybridized carbons (Fsp3) is 0.353. The van der Waals surface area contributed by atoms with Gasteiger partial charge in [-0.05, 0) is 47.1 Å². The molecule has 0 aliphatic heterocycles. The van der Waals surface area contributed by atoms with Gasteiger partial charge in [-0.1, -0.05) is 32.0 Å². The van der Waals surface area contributed by atoms with Crippen LogP contribution in [0.15, 0.2) is 47.1 Å². The molecule has 0 saturated heterocycles. The largest absolute Gasteiger partial charge is 0.493 e. The zero-order valence-corrected chi connectivity index (χ0v) is 14.1. The molecule has 0 saturated carbocycles. The van der Waals surface area contributed by atoms with Gasteiger partial charge in [0.1, 0.15) is 5.75 Å². The third kappa shape index (κ3) is 4.29. The highest BCUT2D eigenvalue weighted by Crippen LogP contribution is 2.29. The van der Waals surface area contributed by atoms with Crippen LogP contribution in [-0.4, -0.2) is 18.1 Å². The van der Waals surface area contributed by atoms with E-state index in [-0.39, 0.29) is 6.04 Å². The number of ether oxygens (including phenoxy) is 1. The SMILES string of the molecule is CCCOc1ccccc1C(NCC)c1ccc(Br)cn1. The molecule has 1 heterocycles. The molecule has 1 unspecified atom stereocenters. The highest BCUT2D eigenvalue weighted by molar-refractivity contribution is 9.10. The topological polar surface area (TPSA) is 34.1 Å². The molecule has 1 N–H and O–H groups in total. The van der Waals surface area contributed by atoms with Crippen LogP contribution in [0.5, 0.6) is 5.75 Å². The molecule has 2 rings (SSSR count). The molecule has 0 aliphatic rings. The Morgan fingerprint density at radius 1 is 1.19 bits per heavy atom. The van der Waals surface area contributed by atoms with Gasteiger partial charge in [0, 0.05) is 16.2 Å². The van der Waals surface area contributed by atoms with Crippen molar-refractivity contribution in [2.75, 3.05) is 13.2 Å². The molecule has 112 valence electrons. The summed E-state index contributed by atoms with van der Waals surface area (Å²) in [6, 6.07) is 12.3. The Morgan fingerprint density at radius 3 is 2.67 bits per heavy atom. The number of aromatic nitrogens is 1. The first kappa shape index (κ1) is 16.0. The quantitative estimate of drug-likeness (QED) is 0.808. The molecule has 0 amide bonds. The minimum Gasteiger partial charge on any atom is -0.493 e. The fourth-order valence-corrected chi connectivity index (χ4v) is 2.43. The van der Waals surface area contributed by atoms with E-state index in [1.54, 1.807) is 0 Å². The van der Waals surface area contributed by atoms with Crippen molar-refractivity contribution in [3.05, 3.63) is 58.3 Å². The van der Waals surface area contributed by atoms with E-state index in [1.807, 2.05) is 36.5 Å². The van der Waals surface area contributed by atoms with Gasteiger partial charge in [0.05, 0.1) is 18.3 Å². The van der Waals surface area contributed by atoms with Crippen molar-refractivity contribution >= 4 is 15.9 Å². The standard InChI is InChI=1S/C17H21BrN2O/c1-3-11-21-16-8-6-5-7-14(16)17(19-4-2)15-10-9-13(18)12-20-15/h5-10,12,17,19H,3-4,11H2,1-2H3. The van der Waals surface area contributed by atoms with Gasteiger partial charge in [0.15, 0.2) is 0 Å². The molecule has 1 aromatic carbocycles. The molecule has 0 aliphatic carbocycles. The van der Waals surface area contributed by atoms with Gasteiger partial charge in [-0.15, -0.1) is 0 Å². The third-order valence-electron chi connectivity index (χ3n) is 3.15. The van der Waals surface area contributed by atoms with E-state index in [1.165, 1.54) is 0 Å². The van der Waals surface area contributed by atoms with Crippen LogP contribution in [0.1, 0.15) is 37.6 Å². The number of rotatable bonds is 7. The average Bonchev–Trinajstić information content (AvgIpc) is 2.52. The van der Waals surface area contributed by atoms with Crippen LogP contribution in [0, 0.1) is 0 Å². The molecule has 21 heavy (non-hydrogen) atoms. The molecule has 4 heteroatoms. The summed E-state index contributed by atoms with van der Waals surface area (Å²) in [4.78, 5) is 4.53. The summed E-state index contributed by atoms with van der Waals surface area (Å²) in [6.45, 7) is 5.80. The molecular formula is C17H21BrN2O. The smallest absolute Gasteiger partial charge is 0.124 e. The molecule has 1 aromatic heterocycles. The molecular weight excluding hydrogens is 328 g/mol. The normalized spacial score (nSPS) is 12.1. The Morgan fingerprint density at radius 2 is 2.00 bits per heavy atom. The molecule has 2 aromatic rings. The lowest BCUT2D eigenvalue weighted by molar-refractivity contribution is 0.311. The first-order chi connectivity index (χ1) is 10.3. The highest BCUT2D eigenvalue weighted by Gasteiger charge is 2.18. The maximum Gasteiger partial charge on any atom is 0.124 e. The minimum absolute atomic E-state index is 0.0381. The van der Waals surface area contributed by atoms with Crippen LogP contribution in [0.2, 0.25) is 0 Å². The summed E-state index contributed by atoms with van der Waals surface area (Å²) in [6.07, 6.45) is 2.83. The second-order valence-electron chi connectivity index (χ2n) is 4.78. The number of pyridine rings is 1. The maximum atomic E-state index is 5.88. The lowest BCUT2D eigenvalue weighted by atomic mass is 10.0. The predicted molar refractivity (Wildman–Crippen MR) is 89.7 cm³/mol. The highest BCUT2D eigenvalue weighted by atomic mass is 79.9. The zero-order valence-electron chi connectivity index (χ0n) is 12.5. The number of benzene rings is 1. The van der Waals surface area contributed by atoms with E-state index >= 15 is 0 Å². The molecule has 3 nitrogen and oxygen atoms in total. The van der Waals surface area contributed by atoms with Crippen LogP contribution in [0.25, 0.3) is 0 Å². The van der Waals surface area contributed by atoms with E-state index in [4.69, 9.17) is 4.74 Å². The molecule has 0 fully saturated rings. The summed E-state index contributed by atoms with van der Waals surface area (Å²) in [5.74, 6) is 0.926. The Bertz CT molecular complexity index is 557. The van der Waals surface area contributed by atoms with Crippen LogP contribution in [-0.2, 0) is 0 Å². The van der Waals surface area contributed by atoms with Crippen molar-refractivity contribution in [1.29, 1.82) is 0 Å². The number of hydrogen-bond acceptors (Lipinski definition) is 3. The van der Waals surface area contributed by atoms with Crippen molar-refractivity contribution in [3.63, 3.8) is 0 Å². The minimum atomic E-state index is 0.0381. The van der Waals surface area contributed by atoms with Crippen LogP contribution in [0.3, 0.4) is 0 Å². The molecule has 0 spiro atoms. The van der Waals surface area contributed by atoms with E-state index in [9.17, 15) is 0 Å². The van der Waals surface area contributed by atoms with E-state index in [0.29, 0.717) is 0 Å². The van der Waals surface area contributed by atoms with Gasteiger partial charge in [0.25, 0.3) is 0 Å².